The van der Waals surface area contributed by atoms with Crippen LogP contribution in [0.25, 0.3) is 34.1 Å². The minimum atomic E-state index is -0.0538. The Morgan fingerprint density at radius 1 is 1.00 bits per heavy atom. The standard InChI is InChI=1S/C39H42ClNOS/c1-2-22-42-38-34(12-8-20-40)35-24-27(28-18-23-43-25-28)14-15-30(35)33-17-16-31-32(37(33)38)11-7-13-36(31)39(29-9-3-4-10-29)19-5-6-21-41-26-39/h5-6,11,14-19,21,23-26,29,34,36H,2-4,7-10,12-13,20,22H2,1H3. The van der Waals surface area contributed by atoms with E-state index in [0.717, 1.165) is 44.5 Å². The van der Waals surface area contributed by atoms with Gasteiger partial charge in [0.05, 0.1) is 6.61 Å². The number of hydrogen-bond donors (Lipinski definition) is 0. The fourth-order valence-electron chi connectivity index (χ4n) is 8.39. The van der Waals surface area contributed by atoms with Crippen molar-refractivity contribution in [2.24, 2.45) is 16.3 Å². The van der Waals surface area contributed by atoms with Crippen molar-refractivity contribution in [3.63, 3.8) is 0 Å². The molecule has 0 spiro atoms. The molecule has 4 aliphatic rings. The van der Waals surface area contributed by atoms with Crippen LogP contribution >= 0.6 is 22.9 Å². The van der Waals surface area contributed by atoms with E-state index in [0.29, 0.717) is 17.7 Å². The molecule has 7 rings (SSSR count). The van der Waals surface area contributed by atoms with Crippen LogP contribution < -0.4 is 10.4 Å². The van der Waals surface area contributed by atoms with E-state index in [1.54, 1.807) is 11.3 Å². The molecule has 1 saturated carbocycles. The molecule has 1 fully saturated rings. The molecule has 1 aliphatic heterocycles. The molecule has 3 aromatic rings. The molecule has 222 valence electrons. The second-order valence-corrected chi connectivity index (χ2v) is 13.9. The van der Waals surface area contributed by atoms with Gasteiger partial charge in [-0.2, -0.15) is 11.3 Å². The normalized spacial score (nSPS) is 24.3. The Morgan fingerprint density at radius 2 is 1.88 bits per heavy atom. The molecule has 3 unspecified atom stereocenters. The number of alkyl halides is 1. The van der Waals surface area contributed by atoms with Crippen molar-refractivity contribution in [3.8, 4) is 22.3 Å². The smallest absolute Gasteiger partial charge is 0.112 e. The van der Waals surface area contributed by atoms with Crippen LogP contribution in [0.2, 0.25) is 0 Å². The summed E-state index contributed by atoms with van der Waals surface area (Å²) in [6.45, 7) is 2.94. The van der Waals surface area contributed by atoms with Crippen molar-refractivity contribution < 1.29 is 4.74 Å². The minimum absolute atomic E-state index is 0.0538. The SMILES string of the molecule is CCCOC1=c2c(ccc3c2=CCCC3C2(C3CCCC3)C=CC=CN=C2)-c2ccc(-c3ccsc3)cc2C1CCCCl. The van der Waals surface area contributed by atoms with Gasteiger partial charge >= 0.3 is 0 Å². The monoisotopic (exact) mass is 607 g/mol. The summed E-state index contributed by atoms with van der Waals surface area (Å²) in [7, 11) is 0. The number of thiophene rings is 1. The topological polar surface area (TPSA) is 21.6 Å². The Labute approximate surface area is 265 Å². The average molecular weight is 608 g/mol. The highest BCUT2D eigenvalue weighted by Crippen LogP contribution is 2.52. The van der Waals surface area contributed by atoms with E-state index < -0.39 is 0 Å². The third-order valence-corrected chi connectivity index (χ3v) is 11.3. The lowest BCUT2D eigenvalue weighted by Gasteiger charge is -2.42. The number of hydrogen-bond acceptors (Lipinski definition) is 3. The average Bonchev–Trinajstić information content (AvgIpc) is 3.74. The van der Waals surface area contributed by atoms with E-state index in [4.69, 9.17) is 21.3 Å². The van der Waals surface area contributed by atoms with Gasteiger partial charge in [-0.05, 0) is 124 Å². The first-order chi connectivity index (χ1) is 21.2. The fraction of sp³-hybridized carbons (Fsp3) is 0.410. The number of allylic oxidation sites excluding steroid dienone is 3. The highest BCUT2D eigenvalue weighted by molar-refractivity contribution is 7.08. The maximum atomic E-state index is 6.85. The van der Waals surface area contributed by atoms with Gasteiger partial charge in [0, 0.05) is 34.8 Å². The number of aliphatic imine (C=N–C) groups is 1. The third-order valence-electron chi connectivity index (χ3n) is 10.3. The molecule has 43 heavy (non-hydrogen) atoms. The van der Waals surface area contributed by atoms with Crippen LogP contribution in [0.15, 0.2) is 76.6 Å². The van der Waals surface area contributed by atoms with E-state index >= 15 is 0 Å². The maximum Gasteiger partial charge on any atom is 0.112 e. The van der Waals surface area contributed by atoms with Crippen LogP contribution in [0.4, 0.5) is 0 Å². The number of benzene rings is 2. The van der Waals surface area contributed by atoms with Crippen LogP contribution in [0, 0.1) is 11.3 Å². The first-order valence-electron chi connectivity index (χ1n) is 16.4. The quantitative estimate of drug-likeness (QED) is 0.222. The summed E-state index contributed by atoms with van der Waals surface area (Å²) in [4.78, 5) is 4.85. The lowest BCUT2D eigenvalue weighted by Crippen LogP contribution is -2.44. The van der Waals surface area contributed by atoms with Gasteiger partial charge in [-0.15, -0.1) is 11.6 Å². The summed E-state index contributed by atoms with van der Waals surface area (Å²) >= 11 is 8.10. The first kappa shape index (κ1) is 28.9. The summed E-state index contributed by atoms with van der Waals surface area (Å²) < 4.78 is 6.85. The lowest BCUT2D eigenvalue weighted by molar-refractivity contribution is 0.251. The Morgan fingerprint density at radius 3 is 2.70 bits per heavy atom. The molecule has 0 bridgehead atoms. The van der Waals surface area contributed by atoms with E-state index in [9.17, 15) is 0 Å². The second-order valence-electron chi connectivity index (χ2n) is 12.7. The fourth-order valence-corrected chi connectivity index (χ4v) is 9.21. The van der Waals surface area contributed by atoms with Gasteiger partial charge in [0.25, 0.3) is 0 Å². The van der Waals surface area contributed by atoms with Crippen LogP contribution in [-0.2, 0) is 4.74 Å². The maximum absolute atomic E-state index is 6.85. The van der Waals surface area contributed by atoms with E-state index in [1.165, 1.54) is 69.5 Å². The van der Waals surface area contributed by atoms with Gasteiger partial charge in [-0.1, -0.05) is 62.3 Å². The first-order valence-corrected chi connectivity index (χ1v) is 17.8. The van der Waals surface area contributed by atoms with E-state index in [-0.39, 0.29) is 11.3 Å². The summed E-state index contributed by atoms with van der Waals surface area (Å²) in [6, 6.07) is 14.2. The molecule has 4 heteroatoms. The Balaban J connectivity index is 1.46. The van der Waals surface area contributed by atoms with Gasteiger partial charge in [-0.25, -0.2) is 0 Å². The van der Waals surface area contributed by atoms with Gasteiger partial charge in [-0.3, -0.25) is 4.99 Å². The lowest BCUT2D eigenvalue weighted by atomic mass is 9.61. The number of nitrogens with zero attached hydrogens (tertiary/aromatic N) is 1. The molecule has 3 atom stereocenters. The second kappa shape index (κ2) is 12.6. The van der Waals surface area contributed by atoms with Crippen molar-refractivity contribution in [1.29, 1.82) is 0 Å². The molecule has 0 amide bonds. The Bertz CT molecular complexity index is 1660. The van der Waals surface area contributed by atoms with Crippen molar-refractivity contribution in [2.45, 2.75) is 76.5 Å². The van der Waals surface area contributed by atoms with Crippen LogP contribution in [-0.4, -0.2) is 18.7 Å². The number of rotatable bonds is 9. The predicted molar refractivity (Wildman–Crippen MR) is 184 cm³/mol. The van der Waals surface area contributed by atoms with Crippen molar-refractivity contribution >= 4 is 41.0 Å². The summed E-state index contributed by atoms with van der Waals surface area (Å²) in [5, 5.41) is 7.15. The Hall–Kier alpha value is -2.88. The minimum Gasteiger partial charge on any atom is -0.497 e. The number of ether oxygens (including phenoxy) is 1. The van der Waals surface area contributed by atoms with Gasteiger partial charge in [0.2, 0.25) is 0 Å². The largest absolute Gasteiger partial charge is 0.497 e. The molecule has 0 N–H and O–H groups in total. The summed E-state index contributed by atoms with van der Waals surface area (Å²) in [6.07, 6.45) is 24.0. The number of fused-ring (bicyclic) bond motifs is 5. The molecule has 2 aromatic carbocycles. The molecule has 3 aliphatic carbocycles. The third kappa shape index (κ3) is 5.17. The molecular weight excluding hydrogens is 566 g/mol. The Kier molecular flexibility index (Phi) is 8.47. The zero-order chi connectivity index (χ0) is 29.2. The number of halogens is 1. The molecule has 0 radical (unpaired) electrons. The van der Waals surface area contributed by atoms with Crippen LogP contribution in [0.3, 0.4) is 0 Å². The zero-order valence-electron chi connectivity index (χ0n) is 25.2. The van der Waals surface area contributed by atoms with Gasteiger partial charge in [0.15, 0.2) is 0 Å². The van der Waals surface area contributed by atoms with Gasteiger partial charge < -0.3 is 4.74 Å². The summed E-state index contributed by atoms with van der Waals surface area (Å²) in [5.41, 5.74) is 8.04. The summed E-state index contributed by atoms with van der Waals surface area (Å²) in [5.74, 6) is 3.05. The molecule has 1 aromatic heterocycles. The molecular formula is C39H42ClNOS. The van der Waals surface area contributed by atoms with Crippen LogP contribution in [0.5, 0.6) is 0 Å². The molecule has 2 heterocycles. The molecule has 0 saturated heterocycles. The van der Waals surface area contributed by atoms with Crippen molar-refractivity contribution in [2.75, 3.05) is 12.5 Å². The molecule has 2 nitrogen and oxygen atoms in total. The highest BCUT2D eigenvalue weighted by Gasteiger charge is 2.45. The van der Waals surface area contributed by atoms with Crippen molar-refractivity contribution in [1.82, 2.24) is 0 Å². The van der Waals surface area contributed by atoms with E-state index in [2.05, 4.69) is 84.6 Å². The van der Waals surface area contributed by atoms with Gasteiger partial charge in [0.1, 0.15) is 5.76 Å². The van der Waals surface area contributed by atoms with Crippen molar-refractivity contribution in [3.05, 3.63) is 93.2 Å². The predicted octanol–water partition coefficient (Wildman–Crippen LogP) is 9.72. The highest BCUT2D eigenvalue weighted by atomic mass is 35.5. The zero-order valence-corrected chi connectivity index (χ0v) is 26.8. The van der Waals surface area contributed by atoms with E-state index in [1.807, 2.05) is 6.20 Å². The van der Waals surface area contributed by atoms with Crippen LogP contribution in [0.1, 0.15) is 87.7 Å².